The molecule has 0 bridgehead atoms. The third kappa shape index (κ3) is 4.74. The Morgan fingerprint density at radius 2 is 1.85 bits per heavy atom. The quantitative estimate of drug-likeness (QED) is 0.483. The Balaban J connectivity index is 1.61. The van der Waals surface area contributed by atoms with E-state index in [1.165, 1.54) is 56.2 Å². The molecule has 1 fully saturated rings. The highest BCUT2D eigenvalue weighted by Crippen LogP contribution is 2.37. The summed E-state index contributed by atoms with van der Waals surface area (Å²) >= 11 is 0. The topological polar surface area (TPSA) is 50.1 Å². The Morgan fingerprint density at radius 3 is 2.44 bits per heavy atom. The first-order chi connectivity index (χ1) is 13.1. The molecule has 0 aromatic heterocycles. The second-order valence-electron chi connectivity index (χ2n) is 7.27. The van der Waals surface area contributed by atoms with Gasteiger partial charge in [-0.1, -0.05) is 31.9 Å². The zero-order valence-electron chi connectivity index (χ0n) is 15.6. The number of hydrogen-bond donors (Lipinski definition) is 0. The van der Waals surface area contributed by atoms with E-state index in [0.717, 1.165) is 12.0 Å². The number of nitriles is 1. The van der Waals surface area contributed by atoms with Crippen LogP contribution >= 0.6 is 0 Å². The smallest absolute Gasteiger partial charge is 0.343 e. The Bertz CT molecular complexity index is 830. The monoisotopic (exact) mass is 365 g/mol. The molecule has 0 amide bonds. The summed E-state index contributed by atoms with van der Waals surface area (Å²) in [5.41, 5.74) is 1.63. The highest BCUT2D eigenvalue weighted by molar-refractivity contribution is 5.91. The maximum absolute atomic E-state index is 13.6. The molecule has 0 unspecified atom stereocenters. The fraction of sp³-hybridized carbons (Fsp3) is 0.391. The third-order valence-corrected chi connectivity index (χ3v) is 5.43. The minimum atomic E-state index is -0.697. The number of rotatable bonds is 5. The van der Waals surface area contributed by atoms with Gasteiger partial charge in [0.05, 0.1) is 11.1 Å². The highest BCUT2D eigenvalue weighted by Gasteiger charge is 2.22. The number of hydrogen-bond acceptors (Lipinski definition) is 3. The van der Waals surface area contributed by atoms with Gasteiger partial charge in [-0.15, -0.1) is 0 Å². The lowest BCUT2D eigenvalue weighted by atomic mass is 9.77. The van der Waals surface area contributed by atoms with Crippen LogP contribution in [-0.4, -0.2) is 5.97 Å². The zero-order chi connectivity index (χ0) is 19.2. The maximum Gasteiger partial charge on any atom is 0.343 e. The summed E-state index contributed by atoms with van der Waals surface area (Å²) in [7, 11) is 0. The Kier molecular flexibility index (Phi) is 6.24. The number of esters is 1. The van der Waals surface area contributed by atoms with Crippen molar-refractivity contribution in [1.29, 1.82) is 5.26 Å². The van der Waals surface area contributed by atoms with Gasteiger partial charge in [0.15, 0.2) is 0 Å². The molecule has 0 N–H and O–H groups in total. The molecule has 0 radical (unpaired) electrons. The van der Waals surface area contributed by atoms with E-state index in [0.29, 0.717) is 11.5 Å². The van der Waals surface area contributed by atoms with Crippen LogP contribution in [0.5, 0.6) is 5.75 Å². The van der Waals surface area contributed by atoms with Gasteiger partial charge in [-0.3, -0.25) is 0 Å². The normalized spacial score (nSPS) is 19.3. The van der Waals surface area contributed by atoms with Crippen molar-refractivity contribution in [2.45, 2.75) is 51.4 Å². The molecule has 1 saturated carbocycles. The predicted molar refractivity (Wildman–Crippen MR) is 102 cm³/mol. The molecule has 1 aliphatic rings. The molecular weight excluding hydrogens is 341 g/mol. The van der Waals surface area contributed by atoms with E-state index in [2.05, 4.69) is 6.92 Å². The summed E-state index contributed by atoms with van der Waals surface area (Å²) in [6.07, 6.45) is 7.57. The van der Waals surface area contributed by atoms with Gasteiger partial charge in [-0.25, -0.2) is 9.18 Å². The second kappa shape index (κ2) is 8.81. The van der Waals surface area contributed by atoms with Gasteiger partial charge >= 0.3 is 5.97 Å². The molecule has 0 atom stereocenters. The van der Waals surface area contributed by atoms with Crippen molar-refractivity contribution < 1.29 is 13.9 Å². The average Bonchev–Trinajstić information content (AvgIpc) is 2.69. The zero-order valence-corrected chi connectivity index (χ0v) is 15.6. The second-order valence-corrected chi connectivity index (χ2v) is 7.27. The van der Waals surface area contributed by atoms with Crippen molar-refractivity contribution in [2.75, 3.05) is 0 Å². The first-order valence-electron chi connectivity index (χ1n) is 9.62. The van der Waals surface area contributed by atoms with Gasteiger partial charge < -0.3 is 4.74 Å². The molecule has 1 aliphatic carbocycles. The molecule has 27 heavy (non-hydrogen) atoms. The minimum Gasteiger partial charge on any atom is -0.423 e. The SMILES string of the molecule is CCCC1CCC(c2ccc(C(=O)Oc3ccc(C#N)c(F)c3)cc2)CC1. The Labute approximate surface area is 159 Å². The van der Waals surface area contributed by atoms with Crippen LogP contribution in [0.15, 0.2) is 42.5 Å². The fourth-order valence-electron chi connectivity index (χ4n) is 3.90. The van der Waals surface area contributed by atoms with E-state index in [9.17, 15) is 9.18 Å². The summed E-state index contributed by atoms with van der Waals surface area (Å²) in [4.78, 5) is 12.3. The number of carbonyl (C=O) groups excluding carboxylic acids is 1. The summed E-state index contributed by atoms with van der Waals surface area (Å²) in [5, 5.41) is 8.75. The van der Waals surface area contributed by atoms with Gasteiger partial charge in [0, 0.05) is 6.07 Å². The van der Waals surface area contributed by atoms with Crippen molar-refractivity contribution in [3.05, 3.63) is 65.0 Å². The summed E-state index contributed by atoms with van der Waals surface area (Å²) in [6, 6.07) is 13.1. The van der Waals surface area contributed by atoms with Crippen LogP contribution in [0.3, 0.4) is 0 Å². The van der Waals surface area contributed by atoms with Crippen LogP contribution in [0.1, 0.15) is 72.9 Å². The Hall–Kier alpha value is -2.67. The number of ether oxygens (including phenoxy) is 1. The van der Waals surface area contributed by atoms with E-state index in [4.69, 9.17) is 10.00 Å². The molecule has 0 heterocycles. The van der Waals surface area contributed by atoms with Crippen LogP contribution in [0.2, 0.25) is 0 Å². The molecule has 4 heteroatoms. The van der Waals surface area contributed by atoms with E-state index < -0.39 is 11.8 Å². The lowest BCUT2D eigenvalue weighted by Gasteiger charge is -2.28. The molecule has 140 valence electrons. The largest absolute Gasteiger partial charge is 0.423 e. The fourth-order valence-corrected chi connectivity index (χ4v) is 3.90. The van der Waals surface area contributed by atoms with E-state index >= 15 is 0 Å². The van der Waals surface area contributed by atoms with Crippen molar-refractivity contribution in [3.8, 4) is 11.8 Å². The first-order valence-corrected chi connectivity index (χ1v) is 9.62. The van der Waals surface area contributed by atoms with Crippen molar-refractivity contribution in [2.24, 2.45) is 5.92 Å². The number of benzene rings is 2. The average molecular weight is 365 g/mol. The van der Waals surface area contributed by atoms with Crippen molar-refractivity contribution in [1.82, 2.24) is 0 Å². The summed E-state index contributed by atoms with van der Waals surface area (Å²) < 4.78 is 18.8. The van der Waals surface area contributed by atoms with Gasteiger partial charge in [-0.05, 0) is 67.3 Å². The van der Waals surface area contributed by atoms with Crippen molar-refractivity contribution >= 4 is 5.97 Å². The van der Waals surface area contributed by atoms with Crippen LogP contribution in [0.4, 0.5) is 4.39 Å². The van der Waals surface area contributed by atoms with Crippen LogP contribution < -0.4 is 4.74 Å². The standard InChI is InChI=1S/C23H24FNO2/c1-2-3-16-4-6-17(7-5-16)18-8-10-19(11-9-18)23(26)27-21-13-12-20(15-25)22(24)14-21/h8-14,16-17H,2-7H2,1H3. The first kappa shape index (κ1) is 19.1. The van der Waals surface area contributed by atoms with Crippen LogP contribution in [0.25, 0.3) is 0 Å². The molecular formula is C23H24FNO2. The molecule has 0 saturated heterocycles. The predicted octanol–water partition coefficient (Wildman–Crippen LogP) is 5.99. The molecule has 0 aliphatic heterocycles. The molecule has 2 aromatic carbocycles. The van der Waals surface area contributed by atoms with Crippen molar-refractivity contribution in [3.63, 3.8) is 0 Å². The molecule has 2 aromatic rings. The molecule has 0 spiro atoms. The highest BCUT2D eigenvalue weighted by atomic mass is 19.1. The Morgan fingerprint density at radius 1 is 1.15 bits per heavy atom. The molecule has 3 rings (SSSR count). The lowest BCUT2D eigenvalue weighted by molar-refractivity contribution is 0.0734. The van der Waals surface area contributed by atoms with Gasteiger partial charge in [-0.2, -0.15) is 5.26 Å². The maximum atomic E-state index is 13.6. The van der Waals surface area contributed by atoms with E-state index in [-0.39, 0.29) is 11.3 Å². The molecule has 3 nitrogen and oxygen atoms in total. The number of carbonyl (C=O) groups is 1. The van der Waals surface area contributed by atoms with Gasteiger partial charge in [0.25, 0.3) is 0 Å². The lowest BCUT2D eigenvalue weighted by Crippen LogP contribution is -2.13. The van der Waals surface area contributed by atoms with Crippen LogP contribution in [-0.2, 0) is 0 Å². The van der Waals surface area contributed by atoms with Crippen LogP contribution in [0, 0.1) is 23.1 Å². The van der Waals surface area contributed by atoms with Gasteiger partial charge in [0.2, 0.25) is 0 Å². The minimum absolute atomic E-state index is 0.0761. The van der Waals surface area contributed by atoms with E-state index in [1.54, 1.807) is 18.2 Å². The van der Waals surface area contributed by atoms with Gasteiger partial charge in [0.1, 0.15) is 17.6 Å². The number of nitrogens with zero attached hydrogens (tertiary/aromatic N) is 1. The third-order valence-electron chi connectivity index (χ3n) is 5.43. The number of halogens is 1. The summed E-state index contributed by atoms with van der Waals surface area (Å²) in [5.74, 6) is 0.299. The summed E-state index contributed by atoms with van der Waals surface area (Å²) in [6.45, 7) is 2.25. The van der Waals surface area contributed by atoms with E-state index in [1.807, 2.05) is 12.1 Å².